The van der Waals surface area contributed by atoms with E-state index >= 15 is 0 Å². The lowest BCUT2D eigenvalue weighted by Gasteiger charge is -2.34. The standard InChI is InChI=1S/C16H24N6O2S/c1-3-4-13-11-14(24)22-16(18-13)25-15(19-22)17-5-6-20-7-9-21(10-8-20)12(2)23/h11H,3-10H2,1-2H3,(H,17,19). The molecule has 3 rings (SSSR count). The van der Waals surface area contributed by atoms with Crippen molar-refractivity contribution < 1.29 is 4.79 Å². The number of hydrogen-bond donors (Lipinski definition) is 1. The van der Waals surface area contributed by atoms with Gasteiger partial charge in [-0.05, 0) is 6.42 Å². The maximum absolute atomic E-state index is 12.1. The van der Waals surface area contributed by atoms with Gasteiger partial charge in [-0.3, -0.25) is 14.5 Å². The zero-order valence-electron chi connectivity index (χ0n) is 14.7. The second-order valence-corrected chi connectivity index (χ2v) is 7.17. The van der Waals surface area contributed by atoms with Crippen molar-refractivity contribution in [1.82, 2.24) is 24.4 Å². The molecule has 1 fully saturated rings. The maximum Gasteiger partial charge on any atom is 0.275 e. The SMILES string of the molecule is CCCc1cc(=O)n2nc(NCCN3CCN(C(C)=O)CC3)sc2n1. The van der Waals surface area contributed by atoms with Gasteiger partial charge in [0.2, 0.25) is 16.0 Å². The Balaban J connectivity index is 1.54. The largest absolute Gasteiger partial charge is 0.359 e. The zero-order chi connectivity index (χ0) is 17.8. The fourth-order valence-corrected chi connectivity index (χ4v) is 3.77. The molecule has 25 heavy (non-hydrogen) atoms. The molecule has 8 nitrogen and oxygen atoms in total. The molecule has 0 aliphatic carbocycles. The third kappa shape index (κ3) is 4.35. The summed E-state index contributed by atoms with van der Waals surface area (Å²) in [7, 11) is 0. The Morgan fingerprint density at radius 2 is 2.08 bits per heavy atom. The van der Waals surface area contributed by atoms with Crippen LogP contribution >= 0.6 is 11.3 Å². The summed E-state index contributed by atoms with van der Waals surface area (Å²) in [5.41, 5.74) is 0.698. The van der Waals surface area contributed by atoms with E-state index in [4.69, 9.17) is 0 Å². The minimum Gasteiger partial charge on any atom is -0.359 e. The van der Waals surface area contributed by atoms with E-state index in [1.807, 2.05) is 4.90 Å². The van der Waals surface area contributed by atoms with E-state index < -0.39 is 0 Å². The van der Waals surface area contributed by atoms with Gasteiger partial charge in [0.05, 0.1) is 0 Å². The van der Waals surface area contributed by atoms with Gasteiger partial charge in [-0.1, -0.05) is 24.7 Å². The van der Waals surface area contributed by atoms with E-state index in [0.717, 1.165) is 57.8 Å². The molecule has 3 heterocycles. The molecule has 2 aromatic heterocycles. The van der Waals surface area contributed by atoms with Gasteiger partial charge in [0.15, 0.2) is 0 Å². The normalized spacial score (nSPS) is 15.7. The van der Waals surface area contributed by atoms with Gasteiger partial charge in [-0.2, -0.15) is 4.52 Å². The summed E-state index contributed by atoms with van der Waals surface area (Å²) < 4.78 is 1.36. The molecule has 1 N–H and O–H groups in total. The summed E-state index contributed by atoms with van der Waals surface area (Å²) in [6.07, 6.45) is 1.77. The highest BCUT2D eigenvalue weighted by Crippen LogP contribution is 2.16. The van der Waals surface area contributed by atoms with Crippen LogP contribution in [-0.4, -0.2) is 69.6 Å². The Hall–Kier alpha value is -2.00. The molecule has 1 saturated heterocycles. The van der Waals surface area contributed by atoms with Crippen molar-refractivity contribution in [1.29, 1.82) is 0 Å². The van der Waals surface area contributed by atoms with Crippen LogP contribution in [0.3, 0.4) is 0 Å². The molecule has 0 aromatic carbocycles. The smallest absolute Gasteiger partial charge is 0.275 e. The van der Waals surface area contributed by atoms with E-state index in [1.54, 1.807) is 13.0 Å². The molecule has 0 saturated carbocycles. The number of rotatable bonds is 6. The monoisotopic (exact) mass is 364 g/mol. The van der Waals surface area contributed by atoms with E-state index in [1.165, 1.54) is 15.9 Å². The van der Waals surface area contributed by atoms with E-state index in [-0.39, 0.29) is 11.5 Å². The van der Waals surface area contributed by atoms with Gasteiger partial charge in [0.1, 0.15) is 0 Å². The van der Waals surface area contributed by atoms with Crippen molar-refractivity contribution in [2.45, 2.75) is 26.7 Å². The number of nitrogens with one attached hydrogen (secondary N) is 1. The van der Waals surface area contributed by atoms with Gasteiger partial charge < -0.3 is 10.2 Å². The van der Waals surface area contributed by atoms with Crippen LogP contribution in [-0.2, 0) is 11.2 Å². The summed E-state index contributed by atoms with van der Waals surface area (Å²) in [5.74, 6) is 0.146. The van der Waals surface area contributed by atoms with Crippen molar-refractivity contribution >= 4 is 27.3 Å². The highest BCUT2D eigenvalue weighted by Gasteiger charge is 2.18. The molecule has 2 aromatic rings. The molecular formula is C16H24N6O2S. The first-order valence-corrected chi connectivity index (χ1v) is 9.50. The first-order valence-electron chi connectivity index (χ1n) is 8.68. The number of hydrogen-bond acceptors (Lipinski definition) is 7. The predicted molar refractivity (Wildman–Crippen MR) is 98.3 cm³/mol. The molecule has 0 atom stereocenters. The molecular weight excluding hydrogens is 340 g/mol. The Morgan fingerprint density at radius 3 is 2.76 bits per heavy atom. The summed E-state index contributed by atoms with van der Waals surface area (Å²) in [4.78, 5) is 32.8. The third-order valence-electron chi connectivity index (χ3n) is 4.33. The van der Waals surface area contributed by atoms with Crippen molar-refractivity contribution in [2.75, 3.05) is 44.6 Å². The number of anilines is 1. The van der Waals surface area contributed by atoms with Crippen LogP contribution in [0.25, 0.3) is 4.96 Å². The quantitative estimate of drug-likeness (QED) is 0.812. The van der Waals surface area contributed by atoms with Crippen molar-refractivity contribution in [3.05, 3.63) is 22.1 Å². The lowest BCUT2D eigenvalue weighted by molar-refractivity contribution is -0.130. The molecule has 1 aliphatic rings. The van der Waals surface area contributed by atoms with Crippen LogP contribution in [0.4, 0.5) is 5.13 Å². The van der Waals surface area contributed by atoms with Gasteiger partial charge in [0, 0.05) is 58.0 Å². The van der Waals surface area contributed by atoms with Crippen molar-refractivity contribution in [2.24, 2.45) is 0 Å². The highest BCUT2D eigenvalue weighted by molar-refractivity contribution is 7.20. The van der Waals surface area contributed by atoms with E-state index in [9.17, 15) is 9.59 Å². The fraction of sp³-hybridized carbons (Fsp3) is 0.625. The van der Waals surface area contributed by atoms with Crippen molar-refractivity contribution in [3.8, 4) is 0 Å². The molecule has 1 aliphatic heterocycles. The zero-order valence-corrected chi connectivity index (χ0v) is 15.5. The van der Waals surface area contributed by atoms with Crippen LogP contribution in [0.2, 0.25) is 0 Å². The minimum atomic E-state index is -0.127. The summed E-state index contributed by atoms with van der Waals surface area (Å²) in [6, 6.07) is 1.56. The first-order chi connectivity index (χ1) is 12.1. The lowest BCUT2D eigenvalue weighted by Crippen LogP contribution is -2.49. The van der Waals surface area contributed by atoms with Crippen LogP contribution in [0.15, 0.2) is 10.9 Å². The third-order valence-corrected chi connectivity index (χ3v) is 5.19. The molecule has 0 spiro atoms. The second kappa shape index (κ2) is 7.92. The molecule has 0 unspecified atom stereocenters. The number of fused-ring (bicyclic) bond motifs is 1. The number of nitrogens with zero attached hydrogens (tertiary/aromatic N) is 5. The fourth-order valence-electron chi connectivity index (χ4n) is 2.92. The average Bonchev–Trinajstić information content (AvgIpc) is 2.99. The van der Waals surface area contributed by atoms with Crippen LogP contribution in [0, 0.1) is 0 Å². The molecule has 1 amide bonds. The summed E-state index contributed by atoms with van der Waals surface area (Å²) in [5, 5.41) is 8.30. The van der Waals surface area contributed by atoms with Gasteiger partial charge >= 0.3 is 0 Å². The number of carbonyl (C=O) groups excluding carboxylic acids is 1. The average molecular weight is 364 g/mol. The van der Waals surface area contributed by atoms with Gasteiger partial charge in [0.25, 0.3) is 5.56 Å². The molecule has 136 valence electrons. The topological polar surface area (TPSA) is 82.8 Å². The highest BCUT2D eigenvalue weighted by atomic mass is 32.1. The number of amides is 1. The molecule has 0 radical (unpaired) electrons. The lowest BCUT2D eigenvalue weighted by atomic mass is 10.2. The molecule has 0 bridgehead atoms. The summed E-state index contributed by atoms with van der Waals surface area (Å²) in [6.45, 7) is 8.67. The Kier molecular flexibility index (Phi) is 5.64. The number of carbonyl (C=O) groups is 1. The Morgan fingerprint density at radius 1 is 1.32 bits per heavy atom. The Labute approximate surface area is 150 Å². The van der Waals surface area contributed by atoms with E-state index in [0.29, 0.717) is 10.1 Å². The van der Waals surface area contributed by atoms with Crippen molar-refractivity contribution in [3.63, 3.8) is 0 Å². The van der Waals surface area contributed by atoms with Crippen LogP contribution < -0.4 is 10.9 Å². The number of piperazine rings is 1. The maximum atomic E-state index is 12.1. The van der Waals surface area contributed by atoms with Crippen LogP contribution in [0.1, 0.15) is 26.0 Å². The number of aromatic nitrogens is 3. The van der Waals surface area contributed by atoms with Gasteiger partial charge in [-0.15, -0.1) is 5.10 Å². The first kappa shape index (κ1) is 17.8. The van der Waals surface area contributed by atoms with E-state index in [2.05, 4.69) is 27.2 Å². The number of aryl methyl sites for hydroxylation is 1. The van der Waals surface area contributed by atoms with Gasteiger partial charge in [-0.25, -0.2) is 4.98 Å². The Bertz CT molecular complexity index is 794. The van der Waals surface area contributed by atoms with Crippen LogP contribution in [0.5, 0.6) is 0 Å². The minimum absolute atomic E-state index is 0.127. The molecule has 9 heteroatoms. The summed E-state index contributed by atoms with van der Waals surface area (Å²) >= 11 is 1.40. The predicted octanol–water partition coefficient (Wildman–Crippen LogP) is 0.679. The second-order valence-electron chi connectivity index (χ2n) is 6.21.